The summed E-state index contributed by atoms with van der Waals surface area (Å²) in [5.74, 6) is -1.95. The fourth-order valence-corrected chi connectivity index (χ4v) is 5.40. The lowest BCUT2D eigenvalue weighted by atomic mass is 9.86. The van der Waals surface area contributed by atoms with Gasteiger partial charge in [0, 0.05) is 39.2 Å². The standard InChI is InChI=1S/C33H25Cl2N3O3S/c34-24-15-17-25(18-16-24)37-31(40)21-42-33(38-32(41)23-11-5-2-6-12-23)28(20-36)27(26-13-7-8-14-29(26)35)19-30(39)22-9-3-1-4-10-22/h1-18,27H,19,21H2,(H,37,40)(H,38,41). The third-order valence-corrected chi connectivity index (χ3v) is 7.83. The van der Waals surface area contributed by atoms with Gasteiger partial charge in [-0.1, -0.05) is 102 Å². The number of ketones is 1. The zero-order valence-corrected chi connectivity index (χ0v) is 24.5. The summed E-state index contributed by atoms with van der Waals surface area (Å²) >= 11 is 13.5. The molecule has 0 aliphatic carbocycles. The Morgan fingerprint density at radius 3 is 2.00 bits per heavy atom. The van der Waals surface area contributed by atoms with E-state index in [1.807, 2.05) is 6.07 Å². The van der Waals surface area contributed by atoms with Crippen LogP contribution in [-0.4, -0.2) is 23.4 Å². The van der Waals surface area contributed by atoms with E-state index in [2.05, 4.69) is 16.7 Å². The van der Waals surface area contributed by atoms with Crippen LogP contribution in [0.3, 0.4) is 0 Å². The highest BCUT2D eigenvalue weighted by Crippen LogP contribution is 2.37. The summed E-state index contributed by atoms with van der Waals surface area (Å²) in [7, 11) is 0. The summed E-state index contributed by atoms with van der Waals surface area (Å²) in [5, 5.41) is 17.1. The Morgan fingerprint density at radius 1 is 0.786 bits per heavy atom. The number of hydrogen-bond acceptors (Lipinski definition) is 5. The van der Waals surface area contributed by atoms with Gasteiger partial charge in [-0.15, -0.1) is 0 Å². The third kappa shape index (κ3) is 8.34. The first-order valence-corrected chi connectivity index (χ1v) is 14.6. The van der Waals surface area contributed by atoms with E-state index < -0.39 is 11.8 Å². The molecule has 4 rings (SSSR count). The van der Waals surface area contributed by atoms with Crippen LogP contribution in [0.2, 0.25) is 10.0 Å². The monoisotopic (exact) mass is 613 g/mol. The Labute approximate surface area is 258 Å². The lowest BCUT2D eigenvalue weighted by Gasteiger charge is -2.21. The molecule has 2 amide bonds. The molecule has 1 unspecified atom stereocenters. The highest BCUT2D eigenvalue weighted by atomic mass is 35.5. The first-order chi connectivity index (χ1) is 20.4. The van der Waals surface area contributed by atoms with Crippen molar-refractivity contribution in [3.63, 3.8) is 0 Å². The Hall–Kier alpha value is -4.35. The average molecular weight is 615 g/mol. The molecule has 9 heteroatoms. The van der Waals surface area contributed by atoms with Crippen LogP contribution in [0.5, 0.6) is 0 Å². The van der Waals surface area contributed by atoms with E-state index in [1.54, 1.807) is 103 Å². The molecule has 42 heavy (non-hydrogen) atoms. The van der Waals surface area contributed by atoms with Crippen molar-refractivity contribution in [3.05, 3.63) is 147 Å². The number of anilines is 1. The molecule has 0 bridgehead atoms. The van der Waals surface area contributed by atoms with Crippen LogP contribution >= 0.6 is 35.0 Å². The fourth-order valence-electron chi connectivity index (χ4n) is 4.15. The highest BCUT2D eigenvalue weighted by Gasteiger charge is 2.28. The van der Waals surface area contributed by atoms with Crippen molar-refractivity contribution in [1.29, 1.82) is 5.26 Å². The molecule has 0 saturated heterocycles. The minimum Gasteiger partial charge on any atom is -0.325 e. The van der Waals surface area contributed by atoms with Gasteiger partial charge in [0.2, 0.25) is 5.91 Å². The molecule has 0 aliphatic rings. The topological polar surface area (TPSA) is 99.1 Å². The van der Waals surface area contributed by atoms with Gasteiger partial charge in [-0.25, -0.2) is 0 Å². The van der Waals surface area contributed by atoms with E-state index >= 15 is 0 Å². The van der Waals surface area contributed by atoms with Crippen LogP contribution in [0.15, 0.2) is 120 Å². The van der Waals surface area contributed by atoms with E-state index in [4.69, 9.17) is 23.2 Å². The predicted octanol–water partition coefficient (Wildman–Crippen LogP) is 7.89. The number of thioether (sulfide) groups is 1. The molecule has 0 heterocycles. The Bertz CT molecular complexity index is 1640. The largest absolute Gasteiger partial charge is 0.325 e. The molecule has 210 valence electrons. The normalized spacial score (nSPS) is 11.9. The summed E-state index contributed by atoms with van der Waals surface area (Å²) in [6.07, 6.45) is -0.0844. The van der Waals surface area contributed by atoms with Crippen molar-refractivity contribution >= 4 is 58.2 Å². The first-order valence-electron chi connectivity index (χ1n) is 12.9. The number of carbonyl (C=O) groups excluding carboxylic acids is 3. The maximum Gasteiger partial charge on any atom is 0.256 e. The molecule has 0 spiro atoms. The van der Waals surface area contributed by atoms with Crippen LogP contribution in [0.4, 0.5) is 5.69 Å². The maximum atomic E-state index is 13.4. The van der Waals surface area contributed by atoms with Crippen molar-refractivity contribution in [2.45, 2.75) is 12.3 Å². The van der Waals surface area contributed by atoms with Gasteiger partial charge in [0.1, 0.15) is 0 Å². The van der Waals surface area contributed by atoms with E-state index in [9.17, 15) is 19.6 Å². The van der Waals surface area contributed by atoms with Crippen LogP contribution in [0.25, 0.3) is 0 Å². The van der Waals surface area contributed by atoms with E-state index in [0.29, 0.717) is 32.4 Å². The number of Topliss-reactive ketones (excluding diaryl/α,β-unsaturated/α-hetero) is 1. The lowest BCUT2D eigenvalue weighted by molar-refractivity contribution is -0.113. The van der Waals surface area contributed by atoms with Crippen molar-refractivity contribution in [2.24, 2.45) is 0 Å². The summed E-state index contributed by atoms with van der Waals surface area (Å²) in [5.41, 5.74) is 2.07. The molecule has 0 radical (unpaired) electrons. The summed E-state index contributed by atoms with van der Waals surface area (Å²) in [4.78, 5) is 39.5. The van der Waals surface area contributed by atoms with Gasteiger partial charge < -0.3 is 10.6 Å². The molecule has 0 saturated carbocycles. The number of benzene rings is 4. The number of nitriles is 1. The second-order valence-corrected chi connectivity index (χ2v) is 10.9. The number of rotatable bonds is 11. The number of halogens is 2. The van der Waals surface area contributed by atoms with Crippen LogP contribution in [-0.2, 0) is 4.79 Å². The minimum atomic E-state index is -0.797. The van der Waals surface area contributed by atoms with Crippen LogP contribution < -0.4 is 10.6 Å². The van der Waals surface area contributed by atoms with Gasteiger partial charge >= 0.3 is 0 Å². The molecule has 1 atom stereocenters. The zero-order chi connectivity index (χ0) is 29.9. The Kier molecular flexibility index (Phi) is 11.0. The molecule has 0 fully saturated rings. The molecule has 0 aromatic heterocycles. The van der Waals surface area contributed by atoms with Gasteiger partial charge in [-0.2, -0.15) is 5.26 Å². The molecular formula is C33H25Cl2N3O3S. The molecule has 2 N–H and O–H groups in total. The molecule has 4 aromatic carbocycles. The average Bonchev–Trinajstić information content (AvgIpc) is 3.01. The van der Waals surface area contributed by atoms with Gasteiger partial charge in [-0.05, 0) is 48.0 Å². The van der Waals surface area contributed by atoms with Gasteiger partial charge in [-0.3, -0.25) is 14.4 Å². The lowest BCUT2D eigenvalue weighted by Crippen LogP contribution is -2.25. The Morgan fingerprint density at radius 2 is 1.38 bits per heavy atom. The Balaban J connectivity index is 1.72. The van der Waals surface area contributed by atoms with Crippen LogP contribution in [0, 0.1) is 11.3 Å². The molecule has 4 aromatic rings. The van der Waals surface area contributed by atoms with E-state index in [-0.39, 0.29) is 34.5 Å². The van der Waals surface area contributed by atoms with Crippen molar-refractivity contribution in [2.75, 3.05) is 11.1 Å². The number of allylic oxidation sites excluding steroid dienone is 1. The van der Waals surface area contributed by atoms with Gasteiger partial charge in [0.15, 0.2) is 5.78 Å². The molecule has 6 nitrogen and oxygen atoms in total. The third-order valence-electron chi connectivity index (χ3n) is 6.22. The van der Waals surface area contributed by atoms with Crippen LogP contribution in [0.1, 0.15) is 38.6 Å². The van der Waals surface area contributed by atoms with Crippen molar-refractivity contribution < 1.29 is 14.4 Å². The minimum absolute atomic E-state index is 0.0844. The number of hydrogen-bond donors (Lipinski definition) is 2. The van der Waals surface area contributed by atoms with Gasteiger partial charge in [0.25, 0.3) is 5.91 Å². The second kappa shape index (κ2) is 15.0. The summed E-state index contributed by atoms with van der Waals surface area (Å²) in [6, 6.07) is 33.1. The number of amides is 2. The predicted molar refractivity (Wildman–Crippen MR) is 169 cm³/mol. The van der Waals surface area contributed by atoms with E-state index in [1.165, 1.54) is 0 Å². The smallest absolute Gasteiger partial charge is 0.256 e. The fraction of sp³-hybridized carbons (Fsp3) is 0.0909. The summed E-state index contributed by atoms with van der Waals surface area (Å²) in [6.45, 7) is 0. The molecular weight excluding hydrogens is 589 g/mol. The SMILES string of the molecule is N#CC(=C(NC(=O)c1ccccc1)SCC(=O)Nc1ccc(Cl)cc1)C(CC(=O)c1ccccc1)c1ccccc1Cl. The number of carbonyl (C=O) groups is 3. The van der Waals surface area contributed by atoms with Crippen molar-refractivity contribution in [1.82, 2.24) is 5.32 Å². The number of nitrogens with zero attached hydrogens (tertiary/aromatic N) is 1. The number of nitrogens with one attached hydrogen (secondary N) is 2. The highest BCUT2D eigenvalue weighted by molar-refractivity contribution is 8.03. The first kappa shape index (κ1) is 30.6. The van der Waals surface area contributed by atoms with Crippen molar-refractivity contribution in [3.8, 4) is 6.07 Å². The second-order valence-electron chi connectivity index (χ2n) is 9.09. The summed E-state index contributed by atoms with van der Waals surface area (Å²) < 4.78 is 0. The quantitative estimate of drug-likeness (QED) is 0.132. The van der Waals surface area contributed by atoms with E-state index in [0.717, 1.165) is 11.8 Å². The molecule has 0 aliphatic heterocycles. The van der Waals surface area contributed by atoms with Gasteiger partial charge in [0.05, 0.1) is 22.4 Å². The maximum absolute atomic E-state index is 13.4. The zero-order valence-electron chi connectivity index (χ0n) is 22.2.